The Balaban J connectivity index is 2.40. The van der Waals surface area contributed by atoms with Crippen molar-refractivity contribution in [3.8, 4) is 0 Å². The molecular weight excluding hydrogens is 214 g/mol. The van der Waals surface area contributed by atoms with Crippen LogP contribution in [0.2, 0.25) is 0 Å². The molecule has 1 saturated heterocycles. The molecule has 0 aromatic rings. The van der Waals surface area contributed by atoms with E-state index in [0.29, 0.717) is 12.0 Å². The average Bonchev–Trinajstić information content (AvgIpc) is 2.21. The lowest BCUT2D eigenvalue weighted by Gasteiger charge is -2.36. The molecule has 0 saturated carbocycles. The van der Waals surface area contributed by atoms with Gasteiger partial charge in [0.25, 0.3) is 0 Å². The smallest absolute Gasteiger partial charge is 0.237 e. The van der Waals surface area contributed by atoms with Crippen molar-refractivity contribution in [2.45, 2.75) is 52.2 Å². The lowest BCUT2D eigenvalue weighted by atomic mass is 9.93. The van der Waals surface area contributed by atoms with Crippen molar-refractivity contribution in [1.82, 2.24) is 15.5 Å². The van der Waals surface area contributed by atoms with Gasteiger partial charge in [-0.05, 0) is 46.7 Å². The standard InChI is InChI=1S/C13H27N3O/c1-9(2)14-13(17)11(4)15-12-6-7-16(5)8-10(12)3/h9-12,15H,6-8H2,1-5H3,(H,14,17). The molecule has 1 heterocycles. The number of rotatable bonds is 4. The van der Waals surface area contributed by atoms with Crippen molar-refractivity contribution in [2.24, 2.45) is 5.92 Å². The Morgan fingerprint density at radius 3 is 2.53 bits per heavy atom. The molecule has 1 fully saturated rings. The zero-order chi connectivity index (χ0) is 13.0. The Kier molecular flexibility index (Phi) is 5.40. The zero-order valence-electron chi connectivity index (χ0n) is 11.8. The van der Waals surface area contributed by atoms with Crippen LogP contribution in [0.15, 0.2) is 0 Å². The maximum Gasteiger partial charge on any atom is 0.237 e. The number of likely N-dealkylation sites (tertiary alicyclic amines) is 1. The quantitative estimate of drug-likeness (QED) is 0.766. The number of carbonyl (C=O) groups is 1. The number of piperidine rings is 1. The van der Waals surface area contributed by atoms with Crippen LogP contribution in [0.5, 0.6) is 0 Å². The topological polar surface area (TPSA) is 44.4 Å². The summed E-state index contributed by atoms with van der Waals surface area (Å²) in [7, 11) is 2.15. The Morgan fingerprint density at radius 1 is 1.35 bits per heavy atom. The molecule has 1 rings (SSSR count). The Labute approximate surface area is 105 Å². The number of hydrogen-bond acceptors (Lipinski definition) is 3. The third kappa shape index (κ3) is 4.64. The highest BCUT2D eigenvalue weighted by Gasteiger charge is 2.26. The van der Waals surface area contributed by atoms with Gasteiger partial charge in [-0.25, -0.2) is 0 Å². The van der Waals surface area contributed by atoms with Crippen LogP contribution in [0.3, 0.4) is 0 Å². The predicted molar refractivity (Wildman–Crippen MR) is 70.9 cm³/mol. The van der Waals surface area contributed by atoms with Gasteiger partial charge in [0.2, 0.25) is 5.91 Å². The maximum atomic E-state index is 11.8. The molecule has 3 unspecified atom stereocenters. The zero-order valence-corrected chi connectivity index (χ0v) is 11.8. The number of amides is 1. The molecule has 1 aliphatic heterocycles. The van der Waals surface area contributed by atoms with Gasteiger partial charge in [-0.2, -0.15) is 0 Å². The first kappa shape index (κ1) is 14.5. The lowest BCUT2D eigenvalue weighted by molar-refractivity contribution is -0.123. The minimum absolute atomic E-state index is 0.103. The van der Waals surface area contributed by atoms with Gasteiger partial charge in [-0.3, -0.25) is 4.79 Å². The van der Waals surface area contributed by atoms with E-state index in [2.05, 4.69) is 29.5 Å². The summed E-state index contributed by atoms with van der Waals surface area (Å²) in [6.45, 7) is 10.4. The van der Waals surface area contributed by atoms with Crippen LogP contribution in [-0.4, -0.2) is 49.1 Å². The van der Waals surface area contributed by atoms with E-state index in [4.69, 9.17) is 0 Å². The summed E-state index contributed by atoms with van der Waals surface area (Å²) in [6.07, 6.45) is 1.12. The third-order valence-electron chi connectivity index (χ3n) is 3.40. The second-order valence-electron chi connectivity index (χ2n) is 5.69. The molecule has 0 bridgehead atoms. The normalized spacial score (nSPS) is 28.1. The molecule has 0 radical (unpaired) electrons. The molecule has 3 atom stereocenters. The molecule has 0 aliphatic carbocycles. The van der Waals surface area contributed by atoms with E-state index in [1.54, 1.807) is 0 Å². The van der Waals surface area contributed by atoms with Crippen molar-refractivity contribution in [3.05, 3.63) is 0 Å². The van der Waals surface area contributed by atoms with Crippen molar-refractivity contribution in [3.63, 3.8) is 0 Å². The summed E-state index contributed by atoms with van der Waals surface area (Å²) in [4.78, 5) is 14.2. The second kappa shape index (κ2) is 6.36. The molecule has 0 spiro atoms. The summed E-state index contributed by atoms with van der Waals surface area (Å²) in [5.41, 5.74) is 0. The summed E-state index contributed by atoms with van der Waals surface area (Å²) in [5, 5.41) is 6.40. The molecule has 17 heavy (non-hydrogen) atoms. The SMILES string of the molecule is CC(C)NC(=O)C(C)NC1CCN(C)CC1C. The van der Waals surface area contributed by atoms with Gasteiger partial charge in [0, 0.05) is 18.6 Å². The van der Waals surface area contributed by atoms with E-state index in [-0.39, 0.29) is 18.0 Å². The van der Waals surface area contributed by atoms with E-state index >= 15 is 0 Å². The highest BCUT2D eigenvalue weighted by molar-refractivity contribution is 5.81. The van der Waals surface area contributed by atoms with Gasteiger partial charge in [-0.15, -0.1) is 0 Å². The van der Waals surface area contributed by atoms with Crippen LogP contribution >= 0.6 is 0 Å². The number of nitrogens with one attached hydrogen (secondary N) is 2. The maximum absolute atomic E-state index is 11.8. The van der Waals surface area contributed by atoms with E-state index in [1.165, 1.54) is 0 Å². The van der Waals surface area contributed by atoms with Crippen LogP contribution in [0.25, 0.3) is 0 Å². The van der Waals surface area contributed by atoms with Crippen molar-refractivity contribution >= 4 is 5.91 Å². The average molecular weight is 241 g/mol. The molecule has 4 nitrogen and oxygen atoms in total. The van der Waals surface area contributed by atoms with E-state index < -0.39 is 0 Å². The summed E-state index contributed by atoms with van der Waals surface area (Å²) < 4.78 is 0. The molecule has 100 valence electrons. The van der Waals surface area contributed by atoms with Crippen molar-refractivity contribution in [1.29, 1.82) is 0 Å². The minimum atomic E-state index is -0.103. The Hall–Kier alpha value is -0.610. The molecular formula is C13H27N3O. The fourth-order valence-electron chi connectivity index (χ4n) is 2.41. The Bertz CT molecular complexity index is 255. The van der Waals surface area contributed by atoms with Crippen molar-refractivity contribution < 1.29 is 4.79 Å². The van der Waals surface area contributed by atoms with E-state index in [0.717, 1.165) is 19.5 Å². The largest absolute Gasteiger partial charge is 0.353 e. The van der Waals surface area contributed by atoms with Gasteiger partial charge < -0.3 is 15.5 Å². The number of carbonyl (C=O) groups excluding carboxylic acids is 1. The first-order valence-electron chi connectivity index (χ1n) is 6.65. The Morgan fingerprint density at radius 2 is 2.00 bits per heavy atom. The molecule has 1 aliphatic rings. The van der Waals surface area contributed by atoms with E-state index in [9.17, 15) is 4.79 Å². The molecule has 4 heteroatoms. The summed E-state index contributed by atoms with van der Waals surface area (Å²) >= 11 is 0. The van der Waals surface area contributed by atoms with Gasteiger partial charge in [-0.1, -0.05) is 6.92 Å². The van der Waals surface area contributed by atoms with Crippen LogP contribution in [0.1, 0.15) is 34.1 Å². The minimum Gasteiger partial charge on any atom is -0.353 e. The fraction of sp³-hybridized carbons (Fsp3) is 0.923. The van der Waals surface area contributed by atoms with Gasteiger partial charge in [0.1, 0.15) is 0 Å². The van der Waals surface area contributed by atoms with Crippen LogP contribution in [-0.2, 0) is 4.79 Å². The molecule has 0 aromatic carbocycles. The van der Waals surface area contributed by atoms with Crippen LogP contribution in [0, 0.1) is 5.92 Å². The lowest BCUT2D eigenvalue weighted by Crippen LogP contribution is -2.54. The summed E-state index contributed by atoms with van der Waals surface area (Å²) in [6, 6.07) is 0.564. The van der Waals surface area contributed by atoms with E-state index in [1.807, 2.05) is 20.8 Å². The fourth-order valence-corrected chi connectivity index (χ4v) is 2.41. The second-order valence-corrected chi connectivity index (χ2v) is 5.69. The van der Waals surface area contributed by atoms with Crippen LogP contribution in [0.4, 0.5) is 0 Å². The third-order valence-corrected chi connectivity index (χ3v) is 3.40. The van der Waals surface area contributed by atoms with Crippen LogP contribution < -0.4 is 10.6 Å². The first-order valence-corrected chi connectivity index (χ1v) is 6.65. The number of nitrogens with zero attached hydrogens (tertiary/aromatic N) is 1. The highest BCUT2D eigenvalue weighted by atomic mass is 16.2. The molecule has 0 aromatic heterocycles. The summed E-state index contributed by atoms with van der Waals surface area (Å²) in [5.74, 6) is 0.703. The number of hydrogen-bond donors (Lipinski definition) is 2. The molecule has 1 amide bonds. The van der Waals surface area contributed by atoms with Gasteiger partial charge in [0.05, 0.1) is 6.04 Å². The monoisotopic (exact) mass is 241 g/mol. The van der Waals surface area contributed by atoms with Crippen molar-refractivity contribution in [2.75, 3.05) is 20.1 Å². The predicted octanol–water partition coefficient (Wildman–Crippen LogP) is 0.829. The molecule has 2 N–H and O–H groups in total. The van der Waals surface area contributed by atoms with Gasteiger partial charge in [0.15, 0.2) is 0 Å². The van der Waals surface area contributed by atoms with Gasteiger partial charge >= 0.3 is 0 Å². The first-order chi connectivity index (χ1) is 7.90. The highest BCUT2D eigenvalue weighted by Crippen LogP contribution is 2.15.